The summed E-state index contributed by atoms with van der Waals surface area (Å²) >= 11 is 25.1. The van der Waals surface area contributed by atoms with Crippen LogP contribution < -0.4 is 10.6 Å². The molecular weight excluding hydrogens is 562 g/mol. The molecule has 0 fully saturated rings. The molecule has 0 radical (unpaired) electrons. The van der Waals surface area contributed by atoms with E-state index < -0.39 is 11.8 Å². The van der Waals surface area contributed by atoms with Gasteiger partial charge in [0.05, 0.1) is 20.1 Å². The minimum Gasteiger partial charge on any atom is -0.360 e. The van der Waals surface area contributed by atoms with Crippen LogP contribution in [0.15, 0.2) is 45.4 Å². The van der Waals surface area contributed by atoms with Crippen LogP contribution in [0.2, 0.25) is 20.1 Å². The van der Waals surface area contributed by atoms with E-state index in [0.717, 1.165) is 0 Å². The number of aromatic nitrogens is 2. The highest BCUT2D eigenvalue weighted by Crippen LogP contribution is 2.37. The van der Waals surface area contributed by atoms with Crippen LogP contribution in [0, 0.1) is 13.8 Å². The summed E-state index contributed by atoms with van der Waals surface area (Å²) in [7, 11) is 0. The molecule has 2 aromatic carbocycles. The highest BCUT2D eigenvalue weighted by molar-refractivity contribution is 6.40. The molecule has 0 aliphatic heterocycles. The van der Waals surface area contributed by atoms with Gasteiger partial charge in [0.1, 0.15) is 34.0 Å². The predicted octanol–water partition coefficient (Wildman–Crippen LogP) is 6.78. The van der Waals surface area contributed by atoms with Gasteiger partial charge in [0.2, 0.25) is 0 Å². The summed E-state index contributed by atoms with van der Waals surface area (Å²) in [6, 6.07) is 10.0. The van der Waals surface area contributed by atoms with Crippen LogP contribution in [0.3, 0.4) is 0 Å². The summed E-state index contributed by atoms with van der Waals surface area (Å²) in [6.07, 6.45) is 0.441. The van der Waals surface area contributed by atoms with Crippen LogP contribution >= 0.6 is 46.4 Å². The number of amides is 2. The predicted molar refractivity (Wildman–Crippen MR) is 143 cm³/mol. The molecule has 37 heavy (non-hydrogen) atoms. The van der Waals surface area contributed by atoms with Crippen LogP contribution in [-0.4, -0.2) is 35.2 Å². The minimum absolute atomic E-state index is 0.236. The Kier molecular flexibility index (Phi) is 8.44. The van der Waals surface area contributed by atoms with E-state index in [9.17, 15) is 9.59 Å². The van der Waals surface area contributed by atoms with E-state index in [1.54, 1.807) is 50.2 Å². The zero-order valence-electron chi connectivity index (χ0n) is 19.6. The zero-order valence-corrected chi connectivity index (χ0v) is 22.6. The summed E-state index contributed by atoms with van der Waals surface area (Å²) in [6.45, 7) is 3.79. The lowest BCUT2D eigenvalue weighted by Gasteiger charge is -2.09. The maximum atomic E-state index is 12.9. The fraction of sp³-hybridized carbons (Fsp3) is 0.200. The smallest absolute Gasteiger partial charge is 0.257 e. The fourth-order valence-electron chi connectivity index (χ4n) is 3.74. The number of hydrogen-bond acceptors (Lipinski definition) is 6. The van der Waals surface area contributed by atoms with Gasteiger partial charge in [0, 0.05) is 24.2 Å². The molecule has 0 saturated heterocycles. The number of hydrogen-bond donors (Lipinski definition) is 2. The highest BCUT2D eigenvalue weighted by Gasteiger charge is 2.26. The number of nitrogens with one attached hydrogen (secondary N) is 2. The first kappa shape index (κ1) is 27.0. The van der Waals surface area contributed by atoms with Gasteiger partial charge < -0.3 is 19.7 Å². The monoisotopic (exact) mass is 580 g/mol. The maximum absolute atomic E-state index is 12.9. The Labute approximate surface area is 232 Å². The van der Waals surface area contributed by atoms with Crippen molar-refractivity contribution in [3.8, 4) is 22.5 Å². The van der Waals surface area contributed by atoms with Gasteiger partial charge in [-0.1, -0.05) is 68.8 Å². The van der Waals surface area contributed by atoms with Crippen molar-refractivity contribution in [2.45, 2.75) is 20.3 Å². The largest absolute Gasteiger partial charge is 0.360 e. The topological polar surface area (TPSA) is 110 Å². The Hall–Kier alpha value is -3.04. The van der Waals surface area contributed by atoms with Gasteiger partial charge in [-0.05, 0) is 44.5 Å². The van der Waals surface area contributed by atoms with Gasteiger partial charge in [-0.2, -0.15) is 0 Å². The molecule has 0 atom stereocenters. The van der Waals surface area contributed by atoms with E-state index in [2.05, 4.69) is 20.9 Å². The number of carbonyl (C=O) groups excluding carboxylic acids is 2. The standard InChI is InChI=1S/C25H20Cl4N4O4/c1-12-18(22(32-36-12)20-14(26)6-3-7-15(20)27)24(34)30-10-5-11-31-25(35)19-13(2)37-33-23(19)21-16(28)8-4-9-17(21)29/h3-4,6-9H,5,10-11H2,1-2H3,(H,30,34)(H,31,35). The number of benzene rings is 2. The Bertz CT molecular complexity index is 1330. The van der Waals surface area contributed by atoms with Crippen molar-refractivity contribution in [1.29, 1.82) is 0 Å². The molecule has 8 nitrogen and oxygen atoms in total. The van der Waals surface area contributed by atoms with Crippen LogP contribution in [0.1, 0.15) is 38.7 Å². The highest BCUT2D eigenvalue weighted by atomic mass is 35.5. The Morgan fingerprint density at radius 3 is 1.41 bits per heavy atom. The van der Waals surface area contributed by atoms with Crippen molar-refractivity contribution in [2.24, 2.45) is 0 Å². The second kappa shape index (κ2) is 11.6. The molecule has 2 N–H and O–H groups in total. The van der Waals surface area contributed by atoms with E-state index in [1.807, 2.05) is 0 Å². The molecule has 12 heteroatoms. The molecule has 2 aromatic heterocycles. The molecule has 0 aliphatic carbocycles. The van der Waals surface area contributed by atoms with Crippen LogP contribution in [-0.2, 0) is 0 Å². The van der Waals surface area contributed by atoms with E-state index in [1.165, 1.54) is 0 Å². The molecule has 4 aromatic rings. The third-order valence-corrected chi connectivity index (χ3v) is 6.76. The normalized spacial score (nSPS) is 11.0. The lowest BCUT2D eigenvalue weighted by atomic mass is 10.1. The molecule has 0 bridgehead atoms. The van der Waals surface area contributed by atoms with Crippen molar-refractivity contribution >= 4 is 58.2 Å². The van der Waals surface area contributed by atoms with Crippen molar-refractivity contribution in [1.82, 2.24) is 20.9 Å². The minimum atomic E-state index is -0.401. The van der Waals surface area contributed by atoms with Crippen LogP contribution in [0.5, 0.6) is 0 Å². The van der Waals surface area contributed by atoms with Crippen molar-refractivity contribution in [3.05, 3.63) is 79.1 Å². The fourth-order valence-corrected chi connectivity index (χ4v) is 4.89. The third kappa shape index (κ3) is 5.62. The van der Waals surface area contributed by atoms with Crippen molar-refractivity contribution in [2.75, 3.05) is 13.1 Å². The molecule has 192 valence electrons. The number of rotatable bonds is 8. The Balaban J connectivity index is 1.38. The SMILES string of the molecule is Cc1onc(-c2c(Cl)cccc2Cl)c1C(=O)NCCCNC(=O)c1c(-c2c(Cl)cccc2Cl)noc1C. The van der Waals surface area contributed by atoms with E-state index in [-0.39, 0.29) is 35.6 Å². The summed E-state index contributed by atoms with van der Waals surface area (Å²) in [5.41, 5.74) is 1.82. The zero-order chi connectivity index (χ0) is 26.7. The first-order valence-corrected chi connectivity index (χ1v) is 12.6. The van der Waals surface area contributed by atoms with Gasteiger partial charge in [-0.3, -0.25) is 9.59 Å². The van der Waals surface area contributed by atoms with Gasteiger partial charge in [-0.15, -0.1) is 0 Å². The lowest BCUT2D eigenvalue weighted by Crippen LogP contribution is -2.30. The quantitative estimate of drug-likeness (QED) is 0.222. The first-order valence-electron chi connectivity index (χ1n) is 11.1. The molecule has 2 amide bonds. The van der Waals surface area contributed by atoms with Gasteiger partial charge >= 0.3 is 0 Å². The molecule has 0 spiro atoms. The van der Waals surface area contributed by atoms with Crippen LogP contribution in [0.4, 0.5) is 0 Å². The number of carbonyl (C=O) groups is 2. The third-order valence-electron chi connectivity index (χ3n) is 5.50. The average molecular weight is 582 g/mol. The number of nitrogens with zero attached hydrogens (tertiary/aromatic N) is 2. The Morgan fingerprint density at radius 2 is 1.05 bits per heavy atom. The van der Waals surface area contributed by atoms with Crippen molar-refractivity contribution in [3.63, 3.8) is 0 Å². The van der Waals surface area contributed by atoms with Gasteiger partial charge in [0.25, 0.3) is 11.8 Å². The molecule has 4 rings (SSSR count). The van der Waals surface area contributed by atoms with E-state index in [0.29, 0.717) is 49.2 Å². The van der Waals surface area contributed by atoms with E-state index in [4.69, 9.17) is 55.4 Å². The molecule has 2 heterocycles. The summed E-state index contributed by atoms with van der Waals surface area (Å²) in [4.78, 5) is 25.8. The number of halogens is 4. The molecule has 0 aliphatic rings. The second-order valence-electron chi connectivity index (χ2n) is 7.98. The molecule has 0 saturated carbocycles. The van der Waals surface area contributed by atoms with Crippen LogP contribution in [0.25, 0.3) is 22.5 Å². The maximum Gasteiger partial charge on any atom is 0.257 e. The lowest BCUT2D eigenvalue weighted by molar-refractivity contribution is 0.0951. The number of aryl methyl sites for hydroxylation is 2. The second-order valence-corrected chi connectivity index (χ2v) is 9.61. The molecular formula is C25H20Cl4N4O4. The van der Waals surface area contributed by atoms with E-state index >= 15 is 0 Å². The Morgan fingerprint density at radius 1 is 0.703 bits per heavy atom. The van der Waals surface area contributed by atoms with Gasteiger partial charge in [0.15, 0.2) is 0 Å². The van der Waals surface area contributed by atoms with Gasteiger partial charge in [-0.25, -0.2) is 0 Å². The average Bonchev–Trinajstić information content (AvgIpc) is 3.41. The van der Waals surface area contributed by atoms with Crippen molar-refractivity contribution < 1.29 is 18.6 Å². The summed E-state index contributed by atoms with van der Waals surface area (Å²) < 4.78 is 10.5. The summed E-state index contributed by atoms with van der Waals surface area (Å²) in [5, 5.41) is 15.0. The molecule has 0 unspecified atom stereocenters. The summed E-state index contributed by atoms with van der Waals surface area (Å²) in [5.74, 6) is -0.154. The first-order chi connectivity index (χ1) is 17.7.